The van der Waals surface area contributed by atoms with Crippen molar-refractivity contribution >= 4 is 21.6 Å². The molecule has 1 saturated carbocycles. The normalized spacial score (nSPS) is 25.7. The molecule has 1 atom stereocenters. The molecular formula is C19H24N2O3S. The molecule has 0 bridgehead atoms. The molecule has 0 amide bonds. The van der Waals surface area contributed by atoms with E-state index in [0.29, 0.717) is 5.92 Å². The highest BCUT2D eigenvalue weighted by molar-refractivity contribution is 7.19. The molecule has 5 nitrogen and oxygen atoms in total. The zero-order valence-electron chi connectivity index (χ0n) is 14.6. The van der Waals surface area contributed by atoms with Gasteiger partial charge in [0, 0.05) is 17.7 Å². The van der Waals surface area contributed by atoms with Crippen molar-refractivity contribution in [2.24, 2.45) is 0 Å². The first-order valence-corrected chi connectivity index (χ1v) is 10.3. The minimum atomic E-state index is -0.336. The smallest absolute Gasteiger partial charge is 0.225 e. The second-order valence-electron chi connectivity index (χ2n) is 7.37. The van der Waals surface area contributed by atoms with Gasteiger partial charge in [-0.25, -0.2) is 9.97 Å². The summed E-state index contributed by atoms with van der Waals surface area (Å²) in [7, 11) is 0. The monoisotopic (exact) mass is 360 g/mol. The quantitative estimate of drug-likeness (QED) is 0.821. The average molecular weight is 360 g/mol. The molecule has 134 valence electrons. The first-order valence-electron chi connectivity index (χ1n) is 9.49. The van der Waals surface area contributed by atoms with Crippen molar-refractivity contribution in [1.29, 1.82) is 0 Å². The lowest BCUT2D eigenvalue weighted by Gasteiger charge is -2.35. The Morgan fingerprint density at radius 1 is 1.20 bits per heavy atom. The summed E-state index contributed by atoms with van der Waals surface area (Å²) < 4.78 is 18.0. The zero-order valence-corrected chi connectivity index (χ0v) is 15.4. The number of aryl methyl sites for hydroxylation is 1. The molecule has 1 aliphatic heterocycles. The molecule has 2 fully saturated rings. The molecule has 0 unspecified atom stereocenters. The molecule has 3 heterocycles. The standard InChI is InChI=1S/C19H24N2O3S/c1-2-12-3-4-14-15(12)16-17(20-11-21-18(16)25-14)24-13-5-7-19(8-6-13)22-9-10-23-19/h11-13H,2-10H2,1H3/t12-/m0/s1. The van der Waals surface area contributed by atoms with Gasteiger partial charge < -0.3 is 14.2 Å². The Kier molecular flexibility index (Phi) is 3.95. The number of thiophene rings is 1. The van der Waals surface area contributed by atoms with E-state index in [0.717, 1.165) is 49.6 Å². The zero-order chi connectivity index (χ0) is 16.9. The van der Waals surface area contributed by atoms with Gasteiger partial charge >= 0.3 is 0 Å². The fourth-order valence-corrected chi connectivity index (χ4v) is 5.86. The third-order valence-corrected chi connectivity index (χ3v) is 7.15. The highest BCUT2D eigenvalue weighted by atomic mass is 32.1. The van der Waals surface area contributed by atoms with Gasteiger partial charge in [0.25, 0.3) is 0 Å². The van der Waals surface area contributed by atoms with Crippen LogP contribution in [-0.2, 0) is 15.9 Å². The van der Waals surface area contributed by atoms with Crippen molar-refractivity contribution in [2.75, 3.05) is 13.2 Å². The van der Waals surface area contributed by atoms with Gasteiger partial charge in [-0.2, -0.15) is 0 Å². The van der Waals surface area contributed by atoms with Crippen molar-refractivity contribution in [3.05, 3.63) is 16.8 Å². The first kappa shape index (κ1) is 16.0. The number of nitrogens with zero attached hydrogens (tertiary/aromatic N) is 2. The van der Waals surface area contributed by atoms with Crippen molar-refractivity contribution in [2.45, 2.75) is 69.7 Å². The van der Waals surface area contributed by atoms with E-state index in [1.165, 1.54) is 35.1 Å². The van der Waals surface area contributed by atoms with Crippen LogP contribution in [0.25, 0.3) is 10.2 Å². The Morgan fingerprint density at radius 3 is 2.76 bits per heavy atom. The largest absolute Gasteiger partial charge is 0.474 e. The van der Waals surface area contributed by atoms with Crippen molar-refractivity contribution in [3.8, 4) is 5.88 Å². The van der Waals surface area contributed by atoms with Crippen LogP contribution in [0.15, 0.2) is 6.33 Å². The van der Waals surface area contributed by atoms with Crippen LogP contribution in [0.5, 0.6) is 5.88 Å². The van der Waals surface area contributed by atoms with Crippen LogP contribution < -0.4 is 4.74 Å². The number of rotatable bonds is 3. The van der Waals surface area contributed by atoms with Crippen molar-refractivity contribution in [3.63, 3.8) is 0 Å². The van der Waals surface area contributed by atoms with Gasteiger partial charge in [0.05, 0.1) is 18.6 Å². The summed E-state index contributed by atoms with van der Waals surface area (Å²) in [5, 5.41) is 1.18. The lowest BCUT2D eigenvalue weighted by molar-refractivity contribution is -0.186. The average Bonchev–Trinajstić information content (AvgIpc) is 3.32. The summed E-state index contributed by atoms with van der Waals surface area (Å²) in [5.41, 5.74) is 1.47. The summed E-state index contributed by atoms with van der Waals surface area (Å²) in [5.74, 6) is 1.08. The lowest BCUT2D eigenvalue weighted by atomic mass is 9.91. The summed E-state index contributed by atoms with van der Waals surface area (Å²) in [6, 6.07) is 0. The van der Waals surface area contributed by atoms with E-state index in [4.69, 9.17) is 14.2 Å². The fraction of sp³-hybridized carbons (Fsp3) is 0.684. The molecule has 0 aromatic carbocycles. The molecule has 3 aliphatic rings. The molecule has 2 aromatic rings. The molecule has 5 rings (SSSR count). The number of hydrogen-bond donors (Lipinski definition) is 0. The summed E-state index contributed by atoms with van der Waals surface area (Å²) in [6.45, 7) is 3.71. The van der Waals surface area contributed by atoms with Crippen LogP contribution in [0.3, 0.4) is 0 Å². The molecule has 25 heavy (non-hydrogen) atoms. The molecule has 0 radical (unpaired) electrons. The van der Waals surface area contributed by atoms with Gasteiger partial charge in [-0.3, -0.25) is 0 Å². The van der Waals surface area contributed by atoms with Crippen LogP contribution in [0.4, 0.5) is 0 Å². The summed E-state index contributed by atoms with van der Waals surface area (Å²) in [4.78, 5) is 11.6. The number of hydrogen-bond acceptors (Lipinski definition) is 6. The van der Waals surface area contributed by atoms with Gasteiger partial charge in [-0.1, -0.05) is 6.92 Å². The van der Waals surface area contributed by atoms with Crippen molar-refractivity contribution < 1.29 is 14.2 Å². The third kappa shape index (κ3) is 2.66. The second kappa shape index (κ2) is 6.18. The maximum absolute atomic E-state index is 6.39. The van der Waals surface area contributed by atoms with Crippen LogP contribution >= 0.6 is 11.3 Å². The molecule has 0 N–H and O–H groups in total. The molecule has 1 saturated heterocycles. The molecule has 6 heteroatoms. The van der Waals surface area contributed by atoms with E-state index >= 15 is 0 Å². The predicted octanol–water partition coefficient (Wildman–Crippen LogP) is 4.20. The van der Waals surface area contributed by atoms with Crippen LogP contribution in [0.1, 0.15) is 61.8 Å². The van der Waals surface area contributed by atoms with Crippen LogP contribution in [0, 0.1) is 0 Å². The van der Waals surface area contributed by atoms with Gasteiger partial charge in [0.15, 0.2) is 5.79 Å². The minimum absolute atomic E-state index is 0.188. The molecule has 2 aromatic heterocycles. The Balaban J connectivity index is 1.40. The Hall–Kier alpha value is -1.24. The maximum atomic E-state index is 6.39. The number of ether oxygens (including phenoxy) is 3. The molecule has 1 spiro atoms. The highest BCUT2D eigenvalue weighted by Gasteiger charge is 2.41. The number of aromatic nitrogens is 2. The number of fused-ring (bicyclic) bond motifs is 3. The van der Waals surface area contributed by atoms with Crippen molar-refractivity contribution in [1.82, 2.24) is 9.97 Å². The van der Waals surface area contributed by atoms with Gasteiger partial charge in [-0.05, 0) is 43.6 Å². The van der Waals surface area contributed by atoms with E-state index in [2.05, 4.69) is 16.9 Å². The third-order valence-electron chi connectivity index (χ3n) is 5.97. The molecule has 2 aliphatic carbocycles. The maximum Gasteiger partial charge on any atom is 0.225 e. The Labute approximate surface area is 151 Å². The van der Waals surface area contributed by atoms with Gasteiger partial charge in [0.2, 0.25) is 5.88 Å². The minimum Gasteiger partial charge on any atom is -0.474 e. The van der Waals surface area contributed by atoms with Gasteiger partial charge in [-0.15, -0.1) is 11.3 Å². The highest BCUT2D eigenvalue weighted by Crippen LogP contribution is 2.47. The summed E-state index contributed by atoms with van der Waals surface area (Å²) >= 11 is 1.83. The Bertz CT molecular complexity index is 774. The molecular weight excluding hydrogens is 336 g/mol. The first-order chi connectivity index (χ1) is 12.3. The van der Waals surface area contributed by atoms with Crippen LogP contribution in [-0.4, -0.2) is 35.1 Å². The topological polar surface area (TPSA) is 53.5 Å². The van der Waals surface area contributed by atoms with E-state index in [1.54, 1.807) is 6.33 Å². The van der Waals surface area contributed by atoms with E-state index in [9.17, 15) is 0 Å². The van der Waals surface area contributed by atoms with E-state index in [-0.39, 0.29) is 11.9 Å². The van der Waals surface area contributed by atoms with E-state index < -0.39 is 0 Å². The van der Waals surface area contributed by atoms with Crippen LogP contribution in [0.2, 0.25) is 0 Å². The Morgan fingerprint density at radius 2 is 2.00 bits per heavy atom. The van der Waals surface area contributed by atoms with E-state index in [1.807, 2.05) is 11.3 Å². The predicted molar refractivity (Wildman–Crippen MR) is 96.3 cm³/mol. The SMILES string of the molecule is CC[C@H]1CCc2sc3ncnc(OC4CCC5(CC4)OCCO5)c3c21. The summed E-state index contributed by atoms with van der Waals surface area (Å²) in [6.07, 6.45) is 9.16. The van der Waals surface area contributed by atoms with Gasteiger partial charge in [0.1, 0.15) is 17.3 Å². The lowest BCUT2D eigenvalue weighted by Crippen LogP contribution is -2.38. The second-order valence-corrected chi connectivity index (χ2v) is 8.45. The fourth-order valence-electron chi connectivity index (χ4n) is 4.63.